The van der Waals surface area contributed by atoms with E-state index in [1.165, 1.54) is 167 Å². The number of anilines is 6. The van der Waals surface area contributed by atoms with Crippen LogP contribution in [0, 0.1) is 0 Å². The van der Waals surface area contributed by atoms with Gasteiger partial charge in [0.05, 0.1) is 22.2 Å². The van der Waals surface area contributed by atoms with Crippen LogP contribution in [0.1, 0.15) is 119 Å². The van der Waals surface area contributed by atoms with E-state index >= 15 is 0 Å². The summed E-state index contributed by atoms with van der Waals surface area (Å²) >= 11 is 0. The monoisotopic (exact) mass is 1550 g/mol. The Bertz CT molecular complexity index is 7720. The van der Waals surface area contributed by atoms with Crippen LogP contribution in [0.25, 0.3) is 133 Å². The first-order valence-electron chi connectivity index (χ1n) is 43.2. The summed E-state index contributed by atoms with van der Waals surface area (Å²) < 4.78 is 7.41. The molecule has 0 saturated carbocycles. The molecule has 0 fully saturated rings. The van der Waals surface area contributed by atoms with E-state index in [4.69, 9.17) is 4.42 Å². The average Bonchev–Trinajstić information content (AvgIpc) is 1.51. The summed E-state index contributed by atoms with van der Waals surface area (Å²) in [7, 11) is 0. The highest BCUT2D eigenvalue weighted by Gasteiger charge is 2.55. The van der Waals surface area contributed by atoms with Gasteiger partial charge in [-0.1, -0.05) is 345 Å². The fourth-order valence-electron chi connectivity index (χ4n) is 24.0. The molecule has 1 aromatic heterocycles. The molecule has 19 aromatic rings. The van der Waals surface area contributed by atoms with E-state index in [2.05, 4.69) is 440 Å². The Morgan fingerprint density at radius 1 is 0.180 bits per heavy atom. The zero-order valence-electron chi connectivity index (χ0n) is 68.8. The summed E-state index contributed by atoms with van der Waals surface area (Å²) in [6.45, 7) is 14.4. The molecule has 122 heavy (non-hydrogen) atoms. The Morgan fingerprint density at radius 3 is 0.934 bits per heavy atom. The lowest BCUT2D eigenvalue weighted by molar-refractivity contribution is 0.660. The van der Waals surface area contributed by atoms with Gasteiger partial charge in [-0.05, 0) is 257 Å². The van der Waals surface area contributed by atoms with Crippen molar-refractivity contribution in [1.82, 2.24) is 0 Å². The minimum atomic E-state index is -0.700. The summed E-state index contributed by atoms with van der Waals surface area (Å²) in [5.41, 5.74) is 49.2. The second-order valence-corrected chi connectivity index (χ2v) is 36.4. The molecule has 0 radical (unpaired) electrons. The molecule has 3 nitrogen and oxygen atoms in total. The van der Waals surface area contributed by atoms with Crippen molar-refractivity contribution in [2.45, 2.75) is 68.6 Å². The highest BCUT2D eigenvalue weighted by molar-refractivity contribution is 6.12. The van der Waals surface area contributed by atoms with Crippen LogP contribution in [0.3, 0.4) is 0 Å². The zero-order valence-corrected chi connectivity index (χ0v) is 68.8. The molecule has 0 N–H and O–H groups in total. The highest BCUT2D eigenvalue weighted by atomic mass is 16.3. The topological polar surface area (TPSA) is 19.6 Å². The third-order valence-electron chi connectivity index (χ3n) is 29.5. The first-order chi connectivity index (χ1) is 59.8. The molecule has 2 spiro atoms. The maximum absolute atomic E-state index is 7.41. The molecule has 0 bridgehead atoms. The molecule has 0 aliphatic heterocycles. The second-order valence-electron chi connectivity index (χ2n) is 36.4. The van der Waals surface area contributed by atoms with Gasteiger partial charge in [0.15, 0.2) is 0 Å². The van der Waals surface area contributed by atoms with Gasteiger partial charge in [-0.3, -0.25) is 0 Å². The smallest absolute Gasteiger partial charge is 0.143 e. The van der Waals surface area contributed by atoms with Crippen LogP contribution >= 0.6 is 0 Å². The van der Waals surface area contributed by atoms with Gasteiger partial charge in [0, 0.05) is 66.5 Å². The standard InChI is InChI=1S/C119H82N2O/c1-115(2)97-44-21-13-34-79(97)87-57-53-75(64-106(87)115)120(111-69-108-94(67-91(111)71-30-9-7-10-31-71)85-40-15-23-46-99(85)117(108,5)6)74-56-61-113-96(63-74)90-43-29-42-78(114(90)122-113)73-52-60-105-93(62-73)89-59-55-77(66-109(89)119(105)102-49-26-18-38-83(102)84-39-19-27-50-103(84)119)121(76-54-58-88-80-35-14-22-45-98(80)116(3,4)107(88)65-76)112-70-110-95(68-92(112)72-32-11-8-12-33-72)86-41-20-28-51-104(86)118(110)100-47-24-16-36-81(100)82-37-17-25-48-101(82)118/h7-70H,1-6H3. The van der Waals surface area contributed by atoms with Crippen LogP contribution in [0.2, 0.25) is 0 Å². The maximum atomic E-state index is 7.41. The van der Waals surface area contributed by atoms with Gasteiger partial charge >= 0.3 is 0 Å². The largest absolute Gasteiger partial charge is 0.455 e. The summed E-state index contributed by atoms with van der Waals surface area (Å²) in [5, 5.41) is 2.12. The third-order valence-corrected chi connectivity index (χ3v) is 29.5. The fourth-order valence-corrected chi connectivity index (χ4v) is 24.0. The Morgan fingerprint density at radius 2 is 0.484 bits per heavy atom. The Kier molecular flexibility index (Phi) is 14.1. The van der Waals surface area contributed by atoms with Crippen molar-refractivity contribution in [3.05, 3.63) is 466 Å². The SMILES string of the molecule is CC1(C)c2ccccc2-c2ccc(N(c3ccc4oc5c(-c6ccc7c(c6)-c6ccc(N(c8ccc9c(c8)C(C)(C)c8ccccc8-9)c8cc9c(cc8-c8ccccc8)-c8ccccc8C98c9ccccc9-c9ccccc98)cc6C76c7ccccc7-c7ccccc76)cccc5c4c3)c3cc4c(cc3-c3ccccc3)-c3ccccc3C4(C)C)cc21. The van der Waals surface area contributed by atoms with Crippen LogP contribution in [-0.2, 0) is 27.1 Å². The summed E-state index contributed by atoms with van der Waals surface area (Å²) in [4.78, 5) is 5.19. The maximum Gasteiger partial charge on any atom is 0.143 e. The van der Waals surface area contributed by atoms with Crippen LogP contribution in [0.4, 0.5) is 34.1 Å². The molecule has 0 saturated heterocycles. The minimum Gasteiger partial charge on any atom is -0.455 e. The van der Waals surface area contributed by atoms with E-state index in [1.807, 2.05) is 0 Å². The lowest BCUT2D eigenvalue weighted by Crippen LogP contribution is -2.27. The van der Waals surface area contributed by atoms with Gasteiger partial charge in [0.2, 0.25) is 0 Å². The number of fused-ring (bicyclic) bond motifs is 32. The molecule has 0 amide bonds. The lowest BCUT2D eigenvalue weighted by Gasteiger charge is -2.35. The molecule has 0 atom stereocenters. The Hall–Kier alpha value is -14.6. The second kappa shape index (κ2) is 24.8. The average molecular weight is 1560 g/mol. The number of hydrogen-bond donors (Lipinski definition) is 0. The van der Waals surface area contributed by atoms with Gasteiger partial charge in [-0.25, -0.2) is 0 Å². The Labute approximate surface area is 711 Å². The predicted octanol–water partition coefficient (Wildman–Crippen LogP) is 31.1. The van der Waals surface area contributed by atoms with Gasteiger partial charge < -0.3 is 14.2 Å². The first-order valence-corrected chi connectivity index (χ1v) is 43.2. The number of benzene rings is 18. The van der Waals surface area contributed by atoms with Crippen LogP contribution in [0.15, 0.2) is 393 Å². The zero-order chi connectivity index (χ0) is 81.0. The van der Waals surface area contributed by atoms with Crippen molar-refractivity contribution < 1.29 is 4.42 Å². The summed E-state index contributed by atoms with van der Waals surface area (Å²) in [5.74, 6) is 0. The van der Waals surface area contributed by atoms with E-state index in [9.17, 15) is 0 Å². The van der Waals surface area contributed by atoms with E-state index in [0.29, 0.717) is 0 Å². The number of para-hydroxylation sites is 1. The molecule has 7 aliphatic rings. The lowest BCUT2D eigenvalue weighted by atomic mass is 9.70. The molecule has 0 unspecified atom stereocenters. The molecular formula is C119H82N2O. The molecule has 3 heteroatoms. The molecule has 26 rings (SSSR count). The predicted molar refractivity (Wildman–Crippen MR) is 505 cm³/mol. The van der Waals surface area contributed by atoms with Gasteiger partial charge in [-0.15, -0.1) is 0 Å². The summed E-state index contributed by atoms with van der Waals surface area (Å²) in [6, 6.07) is 149. The Balaban J connectivity index is 0.682. The van der Waals surface area contributed by atoms with Crippen LogP contribution in [0.5, 0.6) is 0 Å². The van der Waals surface area contributed by atoms with Gasteiger partial charge in [0.25, 0.3) is 0 Å². The normalized spacial score (nSPS) is 15.1. The summed E-state index contributed by atoms with van der Waals surface area (Å²) in [6.07, 6.45) is 0. The third kappa shape index (κ3) is 9.04. The molecule has 574 valence electrons. The van der Waals surface area contributed by atoms with Crippen LogP contribution in [-0.4, -0.2) is 0 Å². The molecule has 18 aromatic carbocycles. The minimum absolute atomic E-state index is 0.225. The molecular weight excluding hydrogens is 1470 g/mol. The van der Waals surface area contributed by atoms with E-state index < -0.39 is 10.8 Å². The quantitative estimate of drug-likeness (QED) is 0.144. The number of rotatable bonds is 9. The van der Waals surface area contributed by atoms with Crippen molar-refractivity contribution in [2.75, 3.05) is 9.80 Å². The molecule has 7 aliphatic carbocycles. The van der Waals surface area contributed by atoms with Gasteiger partial charge in [0.1, 0.15) is 11.2 Å². The van der Waals surface area contributed by atoms with Crippen LogP contribution < -0.4 is 9.80 Å². The number of furan rings is 1. The van der Waals surface area contributed by atoms with Crippen molar-refractivity contribution in [3.63, 3.8) is 0 Å². The van der Waals surface area contributed by atoms with Crippen molar-refractivity contribution in [1.29, 1.82) is 0 Å². The van der Waals surface area contributed by atoms with Crippen molar-refractivity contribution in [3.8, 4) is 111 Å². The van der Waals surface area contributed by atoms with Crippen molar-refractivity contribution >= 4 is 56.1 Å². The first kappa shape index (κ1) is 69.3. The fraction of sp³-hybridized carbons (Fsp3) is 0.0924. The van der Waals surface area contributed by atoms with E-state index in [-0.39, 0.29) is 16.2 Å². The van der Waals surface area contributed by atoms with E-state index in [1.54, 1.807) is 0 Å². The highest BCUT2D eigenvalue weighted by Crippen LogP contribution is 2.68. The van der Waals surface area contributed by atoms with Crippen molar-refractivity contribution in [2.24, 2.45) is 0 Å². The number of nitrogens with zero attached hydrogens (tertiary/aromatic N) is 2. The molecule has 1 heterocycles. The van der Waals surface area contributed by atoms with Gasteiger partial charge in [-0.2, -0.15) is 0 Å². The number of hydrogen-bond acceptors (Lipinski definition) is 3. The van der Waals surface area contributed by atoms with E-state index in [0.717, 1.165) is 78.3 Å².